The summed E-state index contributed by atoms with van der Waals surface area (Å²) in [5.41, 5.74) is 3.83. The Labute approximate surface area is 186 Å². The molecule has 0 aliphatic carbocycles. The fraction of sp³-hybridized carbons (Fsp3) is 0.292. The molecule has 2 heterocycles. The van der Waals surface area contributed by atoms with E-state index in [1.54, 1.807) is 19.2 Å². The molecule has 0 saturated heterocycles. The third-order valence-corrected chi connectivity index (χ3v) is 5.26. The van der Waals surface area contributed by atoms with Crippen LogP contribution in [-0.4, -0.2) is 45.5 Å². The van der Waals surface area contributed by atoms with Crippen LogP contribution < -0.4 is 4.74 Å². The van der Waals surface area contributed by atoms with Crippen molar-refractivity contribution in [1.29, 1.82) is 0 Å². The van der Waals surface area contributed by atoms with Gasteiger partial charge in [-0.3, -0.25) is 9.58 Å². The molecule has 7 nitrogen and oxygen atoms in total. The molecule has 0 spiro atoms. The molecule has 8 heteroatoms. The van der Waals surface area contributed by atoms with Gasteiger partial charge in [0, 0.05) is 12.6 Å². The fourth-order valence-electron chi connectivity index (χ4n) is 3.56. The van der Waals surface area contributed by atoms with Gasteiger partial charge in [0.05, 0.1) is 25.0 Å². The monoisotopic (exact) mass is 435 g/mol. The lowest BCUT2D eigenvalue weighted by Gasteiger charge is -2.13. The molecule has 0 bridgehead atoms. The number of nitrogens with zero attached hydrogens (tertiary/aromatic N) is 5. The van der Waals surface area contributed by atoms with Crippen molar-refractivity contribution in [3.63, 3.8) is 0 Å². The van der Waals surface area contributed by atoms with Gasteiger partial charge in [-0.15, -0.1) is 0 Å². The van der Waals surface area contributed by atoms with E-state index in [-0.39, 0.29) is 5.82 Å². The van der Waals surface area contributed by atoms with Gasteiger partial charge in [-0.1, -0.05) is 5.16 Å². The van der Waals surface area contributed by atoms with Crippen molar-refractivity contribution in [2.45, 2.75) is 19.4 Å². The van der Waals surface area contributed by atoms with E-state index in [1.807, 2.05) is 43.0 Å². The summed E-state index contributed by atoms with van der Waals surface area (Å²) >= 11 is 0. The lowest BCUT2D eigenvalue weighted by molar-refractivity contribution is 0.264. The van der Waals surface area contributed by atoms with E-state index in [9.17, 15) is 4.39 Å². The average Bonchev–Trinajstić information content (AvgIpc) is 3.41. The first-order valence-corrected chi connectivity index (χ1v) is 10.5. The van der Waals surface area contributed by atoms with E-state index in [4.69, 9.17) is 9.26 Å². The van der Waals surface area contributed by atoms with Crippen molar-refractivity contribution in [2.24, 2.45) is 7.05 Å². The number of benzene rings is 2. The van der Waals surface area contributed by atoms with Crippen LogP contribution in [0.1, 0.15) is 18.0 Å². The van der Waals surface area contributed by atoms with Crippen molar-refractivity contribution in [3.05, 3.63) is 72.0 Å². The molecule has 0 fully saturated rings. The van der Waals surface area contributed by atoms with Crippen LogP contribution in [0, 0.1) is 5.82 Å². The number of aromatic nitrogens is 4. The Morgan fingerprint density at radius 2 is 1.78 bits per heavy atom. The number of rotatable bonds is 9. The van der Waals surface area contributed by atoms with Gasteiger partial charge in [-0.05, 0) is 86.6 Å². The van der Waals surface area contributed by atoms with Crippen LogP contribution in [0.2, 0.25) is 0 Å². The summed E-state index contributed by atoms with van der Waals surface area (Å²) in [6.07, 6.45) is 1.79. The zero-order chi connectivity index (χ0) is 22.5. The lowest BCUT2D eigenvalue weighted by atomic mass is 10.1. The van der Waals surface area contributed by atoms with Crippen LogP contribution in [-0.2, 0) is 20.0 Å². The first-order valence-electron chi connectivity index (χ1n) is 10.5. The average molecular weight is 436 g/mol. The van der Waals surface area contributed by atoms with Gasteiger partial charge >= 0.3 is 0 Å². The Balaban J connectivity index is 1.28. The summed E-state index contributed by atoms with van der Waals surface area (Å²) in [5, 5.41) is 8.67. The largest absolute Gasteiger partial charge is 0.497 e. The highest BCUT2D eigenvalue weighted by atomic mass is 19.1. The molecule has 0 atom stereocenters. The number of halogens is 1. The quantitative estimate of drug-likeness (QED) is 0.389. The molecule has 166 valence electrons. The number of methoxy groups -OCH3 is 1. The van der Waals surface area contributed by atoms with Crippen LogP contribution in [0.4, 0.5) is 4.39 Å². The lowest BCUT2D eigenvalue weighted by Crippen LogP contribution is -2.19. The highest BCUT2D eigenvalue weighted by Crippen LogP contribution is 2.22. The maximum Gasteiger partial charge on any atom is 0.241 e. The molecule has 0 saturated carbocycles. The van der Waals surface area contributed by atoms with Gasteiger partial charge in [0.15, 0.2) is 0 Å². The minimum atomic E-state index is -0.239. The first kappa shape index (κ1) is 21.7. The van der Waals surface area contributed by atoms with Gasteiger partial charge in [0.25, 0.3) is 0 Å². The van der Waals surface area contributed by atoms with Gasteiger partial charge in [-0.25, -0.2) is 4.39 Å². The molecule has 0 amide bonds. The zero-order valence-electron chi connectivity index (χ0n) is 18.5. The Morgan fingerprint density at radius 1 is 1.06 bits per heavy atom. The molecule has 4 rings (SSSR count). The van der Waals surface area contributed by atoms with Crippen LogP contribution in [0.25, 0.3) is 22.6 Å². The van der Waals surface area contributed by atoms with Crippen LogP contribution >= 0.6 is 0 Å². The minimum absolute atomic E-state index is 0.239. The fourth-order valence-corrected chi connectivity index (χ4v) is 3.56. The summed E-state index contributed by atoms with van der Waals surface area (Å²) in [5.74, 6) is 1.69. The molecule has 32 heavy (non-hydrogen) atoms. The zero-order valence-corrected chi connectivity index (χ0v) is 18.5. The Morgan fingerprint density at radius 3 is 2.50 bits per heavy atom. The number of hydrogen-bond acceptors (Lipinski definition) is 6. The second-order valence-corrected chi connectivity index (χ2v) is 7.73. The van der Waals surface area contributed by atoms with Crippen LogP contribution in [0.3, 0.4) is 0 Å². The molecule has 0 aliphatic heterocycles. The summed E-state index contributed by atoms with van der Waals surface area (Å²) in [6.45, 7) is 1.44. The summed E-state index contributed by atoms with van der Waals surface area (Å²) < 4.78 is 25.6. The first-order chi connectivity index (χ1) is 15.5. The predicted octanol–water partition coefficient (Wildman–Crippen LogP) is 4.35. The second kappa shape index (κ2) is 9.74. The third-order valence-electron chi connectivity index (χ3n) is 5.26. The SMILES string of the molecule is COc1ccc(-c2noc(CN(C)CCCc3cc(-c4ccc(F)cc4)n(C)n3)n2)cc1. The predicted molar refractivity (Wildman–Crippen MR) is 120 cm³/mol. The van der Waals surface area contributed by atoms with E-state index in [1.165, 1.54) is 12.1 Å². The number of ether oxygens (including phenoxy) is 1. The minimum Gasteiger partial charge on any atom is -0.497 e. The maximum absolute atomic E-state index is 13.2. The number of hydrogen-bond donors (Lipinski definition) is 0. The highest BCUT2D eigenvalue weighted by molar-refractivity contribution is 5.59. The Kier molecular flexibility index (Phi) is 6.61. The summed E-state index contributed by atoms with van der Waals surface area (Å²) in [6, 6.07) is 16.1. The maximum atomic E-state index is 13.2. The van der Waals surface area contributed by atoms with Crippen LogP contribution in [0.15, 0.2) is 59.1 Å². The van der Waals surface area contributed by atoms with Crippen molar-refractivity contribution in [1.82, 2.24) is 24.8 Å². The van der Waals surface area contributed by atoms with E-state index >= 15 is 0 Å². The van der Waals surface area contributed by atoms with Crippen molar-refractivity contribution in [3.8, 4) is 28.4 Å². The molecule has 4 aromatic rings. The molecular formula is C24H26FN5O2. The van der Waals surface area contributed by atoms with Crippen molar-refractivity contribution in [2.75, 3.05) is 20.7 Å². The Bertz CT molecular complexity index is 1150. The molecule has 0 aliphatic rings. The van der Waals surface area contributed by atoms with E-state index in [0.29, 0.717) is 18.3 Å². The van der Waals surface area contributed by atoms with Gasteiger partial charge < -0.3 is 9.26 Å². The Hall–Kier alpha value is -3.52. The van der Waals surface area contributed by atoms with Gasteiger partial charge in [0.1, 0.15) is 11.6 Å². The van der Waals surface area contributed by atoms with E-state index < -0.39 is 0 Å². The van der Waals surface area contributed by atoms with Gasteiger partial charge in [-0.2, -0.15) is 10.1 Å². The third kappa shape index (κ3) is 5.20. The van der Waals surface area contributed by atoms with Crippen molar-refractivity contribution < 1.29 is 13.7 Å². The van der Waals surface area contributed by atoms with Gasteiger partial charge in [0.2, 0.25) is 11.7 Å². The van der Waals surface area contributed by atoms with Crippen LogP contribution in [0.5, 0.6) is 5.75 Å². The smallest absolute Gasteiger partial charge is 0.241 e. The molecule has 0 N–H and O–H groups in total. The standard InChI is InChI=1S/C24H26FN5O2/c1-29(16-23-26-24(28-32-23)18-8-12-21(31-3)13-9-18)14-4-5-20-15-22(30(2)27-20)17-6-10-19(25)11-7-17/h6-13,15H,4-5,14,16H2,1-3H3. The highest BCUT2D eigenvalue weighted by Gasteiger charge is 2.12. The summed E-state index contributed by atoms with van der Waals surface area (Å²) in [7, 11) is 5.57. The molecular weight excluding hydrogens is 409 g/mol. The molecule has 2 aromatic carbocycles. The van der Waals surface area contributed by atoms with E-state index in [0.717, 1.165) is 47.7 Å². The topological polar surface area (TPSA) is 69.2 Å². The van der Waals surface area contributed by atoms with Crippen molar-refractivity contribution >= 4 is 0 Å². The van der Waals surface area contributed by atoms with E-state index in [2.05, 4.69) is 26.2 Å². The summed E-state index contributed by atoms with van der Waals surface area (Å²) in [4.78, 5) is 6.64. The number of aryl methyl sites for hydroxylation is 2. The second-order valence-electron chi connectivity index (χ2n) is 7.73. The molecule has 2 aromatic heterocycles. The normalized spacial score (nSPS) is 11.3. The molecule has 0 unspecified atom stereocenters. The molecule has 0 radical (unpaired) electrons.